The lowest BCUT2D eigenvalue weighted by Crippen LogP contribution is -2.42. The van der Waals surface area contributed by atoms with Crippen LogP contribution in [0.4, 0.5) is 26.3 Å². The first-order valence-corrected chi connectivity index (χ1v) is 12.0. The Balaban J connectivity index is 1.37. The van der Waals surface area contributed by atoms with Gasteiger partial charge in [-0.3, -0.25) is 4.79 Å². The monoisotopic (exact) mass is 573 g/mol. The van der Waals surface area contributed by atoms with E-state index in [1.54, 1.807) is 24.3 Å². The molecule has 0 saturated carbocycles. The quantitative estimate of drug-likeness (QED) is 0.213. The zero-order valence-electron chi connectivity index (χ0n) is 21.0. The number of hydrogen-bond acceptors (Lipinski definition) is 3. The van der Waals surface area contributed by atoms with Crippen LogP contribution in [0.3, 0.4) is 0 Å². The number of benzene rings is 4. The highest BCUT2D eigenvalue weighted by atomic mass is 19.4. The summed E-state index contributed by atoms with van der Waals surface area (Å²) < 4.78 is 82.0. The molecule has 4 aromatic carbocycles. The average molecular weight is 573 g/mol. The highest BCUT2D eigenvalue weighted by Crippen LogP contribution is 2.32. The first-order chi connectivity index (χ1) is 19.3. The van der Waals surface area contributed by atoms with Crippen molar-refractivity contribution in [2.75, 3.05) is 0 Å². The normalized spacial score (nSPS) is 12.4. The third kappa shape index (κ3) is 7.65. The van der Waals surface area contributed by atoms with E-state index in [0.29, 0.717) is 22.4 Å². The number of hydrogen-bond donors (Lipinski definition) is 2. The number of rotatable bonds is 8. The van der Waals surface area contributed by atoms with Gasteiger partial charge in [0.1, 0.15) is 17.5 Å². The Kier molecular flexibility index (Phi) is 8.36. The number of carboxylic acid groups (broad SMARTS) is 1. The van der Waals surface area contributed by atoms with Crippen molar-refractivity contribution in [3.63, 3.8) is 0 Å². The maximum atomic E-state index is 12.8. The van der Waals surface area contributed by atoms with Crippen LogP contribution in [-0.2, 0) is 23.6 Å². The van der Waals surface area contributed by atoms with Crippen molar-refractivity contribution in [2.45, 2.75) is 24.8 Å². The second-order valence-electron chi connectivity index (χ2n) is 8.99. The standard InChI is InChI=1S/C30H21F6NO4/c31-29(32,33)22-9-7-20(8-10-22)19-3-5-21(6-4-19)27(38)37-26(28(39)40)17-18-1-13-24(14-2-18)41-25-15-11-23(12-16-25)30(34,35)36/h1-16,26H,17H2,(H,37,38)(H,39,40)/t26-/m0/s1. The minimum Gasteiger partial charge on any atom is -0.480 e. The van der Waals surface area contributed by atoms with Gasteiger partial charge in [-0.25, -0.2) is 4.79 Å². The van der Waals surface area contributed by atoms with E-state index in [1.165, 1.54) is 48.5 Å². The molecule has 1 atom stereocenters. The molecule has 11 heteroatoms. The summed E-state index contributed by atoms with van der Waals surface area (Å²) in [6.45, 7) is 0. The number of halogens is 6. The molecule has 0 radical (unpaired) electrons. The number of ether oxygens (including phenoxy) is 1. The summed E-state index contributed by atoms with van der Waals surface area (Å²) >= 11 is 0. The van der Waals surface area contributed by atoms with E-state index in [0.717, 1.165) is 24.3 Å². The topological polar surface area (TPSA) is 75.6 Å². The maximum Gasteiger partial charge on any atom is 0.416 e. The highest BCUT2D eigenvalue weighted by Gasteiger charge is 2.31. The molecule has 41 heavy (non-hydrogen) atoms. The Bertz CT molecular complexity index is 1500. The van der Waals surface area contributed by atoms with Crippen LogP contribution in [0.1, 0.15) is 27.0 Å². The Morgan fingerprint density at radius 1 is 0.659 bits per heavy atom. The number of carboxylic acids is 1. The van der Waals surface area contributed by atoms with Crippen molar-refractivity contribution >= 4 is 11.9 Å². The van der Waals surface area contributed by atoms with Crippen molar-refractivity contribution in [1.82, 2.24) is 5.32 Å². The fraction of sp³-hybridized carbons (Fsp3) is 0.133. The molecule has 0 aliphatic carbocycles. The van der Waals surface area contributed by atoms with Crippen LogP contribution in [-0.4, -0.2) is 23.0 Å². The molecule has 4 aromatic rings. The molecule has 5 nitrogen and oxygen atoms in total. The van der Waals surface area contributed by atoms with E-state index >= 15 is 0 Å². The van der Waals surface area contributed by atoms with E-state index in [-0.39, 0.29) is 17.7 Å². The molecular weight excluding hydrogens is 552 g/mol. The average Bonchev–Trinajstić information content (AvgIpc) is 2.93. The first kappa shape index (κ1) is 29.2. The summed E-state index contributed by atoms with van der Waals surface area (Å²) in [5, 5.41) is 12.1. The number of alkyl halides is 6. The van der Waals surface area contributed by atoms with Crippen LogP contribution in [0, 0.1) is 0 Å². The molecule has 0 aliphatic rings. The van der Waals surface area contributed by atoms with Crippen molar-refractivity contribution in [3.05, 3.63) is 119 Å². The molecule has 212 valence electrons. The molecule has 4 rings (SSSR count). The van der Waals surface area contributed by atoms with Crippen molar-refractivity contribution in [2.24, 2.45) is 0 Å². The van der Waals surface area contributed by atoms with Gasteiger partial charge < -0.3 is 15.2 Å². The minimum absolute atomic E-state index is 0.0642. The largest absolute Gasteiger partial charge is 0.480 e. The second kappa shape index (κ2) is 11.7. The van der Waals surface area contributed by atoms with Gasteiger partial charge in [-0.1, -0.05) is 36.4 Å². The summed E-state index contributed by atoms with van der Waals surface area (Å²) in [5.74, 6) is -1.42. The van der Waals surface area contributed by atoms with Crippen LogP contribution >= 0.6 is 0 Å². The maximum absolute atomic E-state index is 12.8. The molecule has 1 amide bonds. The van der Waals surface area contributed by atoms with E-state index in [9.17, 15) is 41.0 Å². The lowest BCUT2D eigenvalue weighted by Gasteiger charge is -2.15. The smallest absolute Gasteiger partial charge is 0.416 e. The lowest BCUT2D eigenvalue weighted by molar-refractivity contribution is -0.139. The Hall–Kier alpha value is -4.80. The highest BCUT2D eigenvalue weighted by molar-refractivity contribution is 5.97. The van der Waals surface area contributed by atoms with Crippen LogP contribution in [0.2, 0.25) is 0 Å². The molecular formula is C30H21F6NO4. The molecule has 0 aliphatic heterocycles. The zero-order chi connectivity index (χ0) is 29.8. The van der Waals surface area contributed by atoms with E-state index in [2.05, 4.69) is 5.32 Å². The van der Waals surface area contributed by atoms with E-state index in [4.69, 9.17) is 4.74 Å². The summed E-state index contributed by atoms with van der Waals surface area (Å²) in [6.07, 6.45) is -8.98. The Morgan fingerprint density at radius 3 is 1.51 bits per heavy atom. The Labute approximate surface area is 230 Å². The van der Waals surface area contributed by atoms with Gasteiger partial charge in [0.25, 0.3) is 5.91 Å². The van der Waals surface area contributed by atoms with Gasteiger partial charge in [0.05, 0.1) is 11.1 Å². The molecule has 0 unspecified atom stereocenters. The van der Waals surface area contributed by atoms with Gasteiger partial charge in [-0.2, -0.15) is 26.3 Å². The summed E-state index contributed by atoms with van der Waals surface area (Å²) in [7, 11) is 0. The van der Waals surface area contributed by atoms with Gasteiger partial charge >= 0.3 is 18.3 Å². The minimum atomic E-state index is -4.46. The lowest BCUT2D eigenvalue weighted by atomic mass is 10.0. The van der Waals surface area contributed by atoms with E-state index < -0.39 is 41.4 Å². The predicted octanol–water partition coefficient (Wildman–Crippen LogP) is 7.61. The third-order valence-corrected chi connectivity index (χ3v) is 6.08. The van der Waals surface area contributed by atoms with Crippen LogP contribution in [0.25, 0.3) is 11.1 Å². The summed E-state index contributed by atoms with van der Waals surface area (Å²) in [5.41, 5.74) is 0.209. The molecule has 0 aromatic heterocycles. The zero-order valence-corrected chi connectivity index (χ0v) is 21.0. The van der Waals surface area contributed by atoms with Crippen LogP contribution < -0.4 is 10.1 Å². The van der Waals surface area contributed by atoms with Gasteiger partial charge in [-0.15, -0.1) is 0 Å². The number of aliphatic carboxylic acids is 1. The summed E-state index contributed by atoms with van der Waals surface area (Å²) in [6, 6.07) is 19.6. The van der Waals surface area contributed by atoms with Crippen LogP contribution in [0.5, 0.6) is 11.5 Å². The first-order valence-electron chi connectivity index (χ1n) is 12.0. The van der Waals surface area contributed by atoms with Gasteiger partial charge in [0.2, 0.25) is 0 Å². The molecule has 0 heterocycles. The number of amides is 1. The van der Waals surface area contributed by atoms with E-state index in [1.807, 2.05) is 0 Å². The number of carbonyl (C=O) groups is 2. The second-order valence-corrected chi connectivity index (χ2v) is 8.99. The van der Waals surface area contributed by atoms with Crippen molar-refractivity contribution in [3.8, 4) is 22.6 Å². The molecule has 2 N–H and O–H groups in total. The molecule has 0 saturated heterocycles. The van der Waals surface area contributed by atoms with Crippen LogP contribution in [0.15, 0.2) is 97.1 Å². The summed E-state index contributed by atoms with van der Waals surface area (Å²) in [4.78, 5) is 24.5. The number of carbonyl (C=O) groups excluding carboxylic acids is 1. The molecule has 0 fully saturated rings. The molecule has 0 bridgehead atoms. The fourth-order valence-electron chi connectivity index (χ4n) is 3.88. The SMILES string of the molecule is O=C(N[C@@H](Cc1ccc(Oc2ccc(C(F)(F)F)cc2)cc1)C(=O)O)c1ccc(-c2ccc(C(F)(F)F)cc2)cc1. The van der Waals surface area contributed by atoms with Gasteiger partial charge in [0.15, 0.2) is 0 Å². The third-order valence-electron chi connectivity index (χ3n) is 6.08. The number of nitrogens with one attached hydrogen (secondary N) is 1. The van der Waals surface area contributed by atoms with Crippen molar-refractivity contribution in [1.29, 1.82) is 0 Å². The van der Waals surface area contributed by atoms with Gasteiger partial charge in [-0.05, 0) is 77.4 Å². The predicted molar refractivity (Wildman–Crippen MR) is 137 cm³/mol. The van der Waals surface area contributed by atoms with Gasteiger partial charge in [0, 0.05) is 12.0 Å². The Morgan fingerprint density at radius 2 is 1.07 bits per heavy atom. The fourth-order valence-corrected chi connectivity index (χ4v) is 3.88. The molecule has 0 spiro atoms. The van der Waals surface area contributed by atoms with Crippen molar-refractivity contribution < 1.29 is 45.8 Å².